The van der Waals surface area contributed by atoms with Gasteiger partial charge in [-0.25, -0.2) is 4.57 Å². The molecule has 1 unspecified atom stereocenters. The summed E-state index contributed by atoms with van der Waals surface area (Å²) >= 11 is 0. The Morgan fingerprint density at radius 1 is 0.717 bits per heavy atom. The van der Waals surface area contributed by atoms with Gasteiger partial charge in [0.25, 0.3) is 0 Å². The predicted octanol–water partition coefficient (Wildman–Crippen LogP) is 10.8. The maximum atomic E-state index is 12.7. The van der Waals surface area contributed by atoms with E-state index in [0.717, 1.165) is 51.4 Å². The molecule has 1 aliphatic rings. The van der Waals surface area contributed by atoms with Crippen molar-refractivity contribution in [2.24, 2.45) is 17.6 Å². The molecule has 0 heterocycles. The minimum Gasteiger partial charge on any atom is -0.462 e. The van der Waals surface area contributed by atoms with Crippen LogP contribution in [0, 0.1) is 11.8 Å². The molecule has 0 amide bonds. The second-order valence-electron chi connectivity index (χ2n) is 17.1. The molecule has 60 heavy (non-hydrogen) atoms. The Hall–Kier alpha value is -1.66. The fourth-order valence-electron chi connectivity index (χ4n) is 7.89. The highest BCUT2D eigenvalue weighted by atomic mass is 31.2. The number of hydrogen-bond acceptors (Lipinski definition) is 11. The van der Waals surface area contributed by atoms with Crippen molar-refractivity contribution in [2.45, 2.75) is 231 Å². The predicted molar refractivity (Wildman–Crippen MR) is 239 cm³/mol. The van der Waals surface area contributed by atoms with Crippen LogP contribution in [0.4, 0.5) is 0 Å². The molecule has 1 aliphatic carbocycles. The zero-order valence-electron chi connectivity index (χ0n) is 37.9. The molecule has 1 fully saturated rings. The molecule has 352 valence electrons. The molecule has 0 saturated heterocycles. The van der Waals surface area contributed by atoms with E-state index >= 15 is 0 Å². The zero-order chi connectivity index (χ0) is 44.1. The lowest BCUT2D eigenvalue weighted by molar-refractivity contribution is -0.161. The third-order valence-corrected chi connectivity index (χ3v) is 12.5. The van der Waals surface area contributed by atoms with Crippen LogP contribution >= 0.6 is 7.82 Å². The molecule has 0 aromatic heterocycles. The molecule has 13 heteroatoms. The summed E-state index contributed by atoms with van der Waals surface area (Å²) in [6.45, 7) is 3.39. The average Bonchev–Trinajstić information content (AvgIpc) is 3.49. The summed E-state index contributed by atoms with van der Waals surface area (Å²) in [7, 11) is -4.44. The highest BCUT2D eigenvalue weighted by molar-refractivity contribution is 7.47. The number of unbranched alkanes of at least 4 members (excludes halogenated alkanes) is 23. The highest BCUT2D eigenvalue weighted by Gasteiger charge is 2.39. The number of ether oxygens (including phenoxy) is 2. The summed E-state index contributed by atoms with van der Waals surface area (Å²) in [5.74, 6) is -1.52. The fourth-order valence-corrected chi connectivity index (χ4v) is 8.65. The molecule has 0 aliphatic heterocycles. The number of esters is 2. The number of rotatable bonds is 42. The van der Waals surface area contributed by atoms with Crippen molar-refractivity contribution in [3.63, 3.8) is 0 Å². The molecule has 1 saturated carbocycles. The summed E-state index contributed by atoms with van der Waals surface area (Å²) in [5, 5.41) is 20.7. The van der Waals surface area contributed by atoms with Gasteiger partial charge in [-0.3, -0.25) is 23.4 Å². The van der Waals surface area contributed by atoms with Crippen molar-refractivity contribution in [1.29, 1.82) is 0 Å². The van der Waals surface area contributed by atoms with Gasteiger partial charge in [-0.1, -0.05) is 180 Å². The Bertz CT molecular complexity index is 1150. The lowest BCUT2D eigenvalue weighted by atomic mass is 9.88. The van der Waals surface area contributed by atoms with E-state index in [-0.39, 0.29) is 56.6 Å². The lowest BCUT2D eigenvalue weighted by Gasteiger charge is -2.20. The van der Waals surface area contributed by atoms with Gasteiger partial charge in [0.15, 0.2) is 6.10 Å². The summed E-state index contributed by atoms with van der Waals surface area (Å²) in [6.07, 6.45) is 32.8. The zero-order valence-corrected chi connectivity index (χ0v) is 38.8. The molecule has 12 nitrogen and oxygen atoms in total. The first kappa shape index (κ1) is 56.4. The quantitative estimate of drug-likeness (QED) is 0.0197. The van der Waals surface area contributed by atoms with Crippen LogP contribution in [0.15, 0.2) is 12.2 Å². The minimum absolute atomic E-state index is 0.0172. The SMILES string of the molecule is CCCCCCCCCCCCCCCCCCCCCC(=O)OC[C@H](COP(=O)(O)OCCN)OC(=O)CCCCCC[C@H]1C(=O)C[C@@H](O)[C@@H]1/C=C/[C@@H](O)CCCCC. The van der Waals surface area contributed by atoms with Crippen molar-refractivity contribution in [2.75, 3.05) is 26.4 Å². The molecule has 0 bridgehead atoms. The van der Waals surface area contributed by atoms with Gasteiger partial charge in [-0.2, -0.15) is 0 Å². The second-order valence-corrected chi connectivity index (χ2v) is 18.6. The number of phosphoric ester groups is 1. The van der Waals surface area contributed by atoms with Gasteiger partial charge in [0, 0.05) is 37.6 Å². The Balaban J connectivity index is 2.29. The Morgan fingerprint density at radius 2 is 1.20 bits per heavy atom. The minimum atomic E-state index is -4.44. The van der Waals surface area contributed by atoms with Gasteiger partial charge < -0.3 is 30.3 Å². The number of aliphatic hydroxyl groups excluding tert-OH is 2. The van der Waals surface area contributed by atoms with Crippen molar-refractivity contribution in [1.82, 2.24) is 0 Å². The van der Waals surface area contributed by atoms with Crippen LogP contribution in [-0.4, -0.2) is 77.5 Å². The first-order chi connectivity index (χ1) is 29.0. The van der Waals surface area contributed by atoms with E-state index in [1.165, 1.54) is 96.3 Å². The van der Waals surface area contributed by atoms with Gasteiger partial charge in [0.1, 0.15) is 12.4 Å². The molecule has 1 rings (SSSR count). The van der Waals surface area contributed by atoms with Gasteiger partial charge in [0.2, 0.25) is 0 Å². The van der Waals surface area contributed by atoms with Crippen molar-refractivity contribution >= 4 is 25.5 Å². The number of phosphoric acid groups is 1. The number of carbonyl (C=O) groups is 3. The smallest absolute Gasteiger partial charge is 0.462 e. The van der Waals surface area contributed by atoms with Gasteiger partial charge >= 0.3 is 19.8 Å². The number of carbonyl (C=O) groups excluding carboxylic acids is 3. The van der Waals surface area contributed by atoms with Crippen LogP contribution in [0.1, 0.15) is 213 Å². The highest BCUT2D eigenvalue weighted by Crippen LogP contribution is 2.43. The molecule has 0 radical (unpaired) electrons. The number of aliphatic hydroxyl groups is 2. The van der Waals surface area contributed by atoms with E-state index in [4.69, 9.17) is 24.3 Å². The summed E-state index contributed by atoms with van der Waals surface area (Å²) in [4.78, 5) is 47.8. The van der Waals surface area contributed by atoms with Crippen LogP contribution in [0.25, 0.3) is 0 Å². The third kappa shape index (κ3) is 31.2. The number of nitrogens with two attached hydrogens (primary N) is 1. The normalized spacial score (nSPS) is 18.8. The number of Topliss-reactive ketones (excluding diaryl/α,β-unsaturated/α-hetero) is 1. The van der Waals surface area contributed by atoms with Crippen molar-refractivity contribution < 1.29 is 52.6 Å². The molecular formula is C47H88NO11P. The van der Waals surface area contributed by atoms with Crippen LogP contribution in [-0.2, 0) is 37.5 Å². The summed E-state index contributed by atoms with van der Waals surface area (Å²) in [5.41, 5.74) is 5.35. The van der Waals surface area contributed by atoms with Crippen LogP contribution in [0.3, 0.4) is 0 Å². The maximum absolute atomic E-state index is 12.7. The summed E-state index contributed by atoms with van der Waals surface area (Å²) in [6, 6.07) is 0. The molecule has 0 spiro atoms. The topological polar surface area (TPSA) is 192 Å². The van der Waals surface area contributed by atoms with E-state index in [2.05, 4.69) is 13.8 Å². The Morgan fingerprint density at radius 3 is 1.73 bits per heavy atom. The Labute approximate surface area is 364 Å². The first-order valence-corrected chi connectivity index (χ1v) is 25.8. The molecule has 0 aromatic rings. The number of ketones is 1. The van der Waals surface area contributed by atoms with Gasteiger partial charge in [0.05, 0.1) is 25.4 Å². The van der Waals surface area contributed by atoms with E-state index in [0.29, 0.717) is 32.1 Å². The van der Waals surface area contributed by atoms with E-state index in [1.54, 1.807) is 6.08 Å². The molecule has 6 atom stereocenters. The van der Waals surface area contributed by atoms with Gasteiger partial charge in [-0.15, -0.1) is 0 Å². The van der Waals surface area contributed by atoms with Crippen LogP contribution in [0.5, 0.6) is 0 Å². The van der Waals surface area contributed by atoms with E-state index < -0.39 is 44.7 Å². The van der Waals surface area contributed by atoms with Crippen LogP contribution in [0.2, 0.25) is 0 Å². The third-order valence-electron chi connectivity index (χ3n) is 11.5. The largest absolute Gasteiger partial charge is 0.472 e. The molecular weight excluding hydrogens is 785 g/mol. The van der Waals surface area contributed by atoms with E-state index in [1.807, 2.05) is 6.08 Å². The monoisotopic (exact) mass is 874 g/mol. The van der Waals surface area contributed by atoms with Crippen molar-refractivity contribution in [3.8, 4) is 0 Å². The molecule has 5 N–H and O–H groups in total. The molecule has 0 aromatic carbocycles. The standard InChI is InChI=1S/C47H88NO11P/c1-3-5-7-8-9-10-11-12-13-14-15-16-17-18-19-20-21-22-27-31-46(52)56-38-41(39-58-60(54,55)57-36-35-48)59-47(53)32-28-24-23-26-30-42-43(45(51)37-44(42)50)34-33-40(49)29-25-6-4-2/h33-34,40-43,45,49,51H,3-32,35-39,48H2,1-2H3,(H,54,55)/b34-33+/t40-,41+,42+,43+,45+/m0/s1. The maximum Gasteiger partial charge on any atom is 0.472 e. The van der Waals surface area contributed by atoms with Gasteiger partial charge in [-0.05, 0) is 25.7 Å². The second kappa shape index (κ2) is 37.9. The summed E-state index contributed by atoms with van der Waals surface area (Å²) < 4.78 is 32.9. The van der Waals surface area contributed by atoms with Crippen LogP contribution < -0.4 is 5.73 Å². The van der Waals surface area contributed by atoms with E-state index in [9.17, 15) is 34.1 Å². The number of hydrogen-bond donors (Lipinski definition) is 4. The Kier molecular flexibility index (Phi) is 35.6. The first-order valence-electron chi connectivity index (χ1n) is 24.3. The fraction of sp³-hybridized carbons (Fsp3) is 0.894. The average molecular weight is 874 g/mol. The lowest BCUT2D eigenvalue weighted by Crippen LogP contribution is -2.29. The van der Waals surface area contributed by atoms with Crippen molar-refractivity contribution in [3.05, 3.63) is 12.2 Å².